The van der Waals surface area contributed by atoms with Gasteiger partial charge in [0.05, 0.1) is 5.56 Å². The van der Waals surface area contributed by atoms with Crippen LogP contribution in [0, 0.1) is 17.7 Å². The average Bonchev–Trinajstić information content (AvgIpc) is 2.60. The topological polar surface area (TPSA) is 0 Å². The van der Waals surface area contributed by atoms with Crippen molar-refractivity contribution in [2.45, 2.75) is 77.8 Å². The fourth-order valence-corrected chi connectivity index (χ4v) is 3.92. The van der Waals surface area contributed by atoms with Crippen molar-refractivity contribution in [3.63, 3.8) is 0 Å². The molecule has 0 radical (unpaired) electrons. The number of aryl methyl sites for hydroxylation is 1. The summed E-state index contributed by atoms with van der Waals surface area (Å²) < 4.78 is 54.9. The van der Waals surface area contributed by atoms with Crippen molar-refractivity contribution in [3.05, 3.63) is 40.7 Å². The molecule has 2 rings (SSSR count). The largest absolute Gasteiger partial charge is 0.419 e. The Morgan fingerprint density at radius 3 is 2.27 bits per heavy atom. The SMILES string of the molecule is CCCC=Cc1ccc(CCC2CCC(CC)CC2)c(F)c1C(F)(F)F. The van der Waals surface area contributed by atoms with Crippen molar-refractivity contribution in [2.24, 2.45) is 11.8 Å². The molecule has 146 valence electrons. The molecule has 1 aliphatic carbocycles. The molecule has 1 aromatic rings. The number of hydrogen-bond acceptors (Lipinski definition) is 0. The number of benzene rings is 1. The van der Waals surface area contributed by atoms with Gasteiger partial charge < -0.3 is 0 Å². The van der Waals surface area contributed by atoms with Crippen LogP contribution >= 0.6 is 0 Å². The van der Waals surface area contributed by atoms with E-state index in [2.05, 4.69) is 6.92 Å². The summed E-state index contributed by atoms with van der Waals surface area (Å²) in [5, 5.41) is 0. The van der Waals surface area contributed by atoms with E-state index in [1.54, 1.807) is 6.08 Å². The molecule has 0 spiro atoms. The predicted molar refractivity (Wildman–Crippen MR) is 99.4 cm³/mol. The van der Waals surface area contributed by atoms with Gasteiger partial charge in [0.2, 0.25) is 0 Å². The smallest absolute Gasteiger partial charge is 0.206 e. The molecule has 0 amide bonds. The van der Waals surface area contributed by atoms with Crippen molar-refractivity contribution < 1.29 is 17.6 Å². The van der Waals surface area contributed by atoms with Gasteiger partial charge in [-0.05, 0) is 42.2 Å². The molecule has 0 aromatic heterocycles. The summed E-state index contributed by atoms with van der Waals surface area (Å²) in [7, 11) is 0. The van der Waals surface area contributed by atoms with E-state index in [9.17, 15) is 17.6 Å². The second-order valence-electron chi connectivity index (χ2n) is 7.53. The van der Waals surface area contributed by atoms with Crippen molar-refractivity contribution in [1.82, 2.24) is 0 Å². The normalized spacial score (nSPS) is 21.5. The molecule has 0 aliphatic heterocycles. The summed E-state index contributed by atoms with van der Waals surface area (Å²) in [6.45, 7) is 4.15. The standard InChI is InChI=1S/C22H30F4/c1-3-5-6-7-18-14-15-19(21(23)20(18)22(24,25)26)13-12-17-10-8-16(4-2)9-11-17/h6-7,14-17H,3-5,8-13H2,1-2H3. The van der Waals surface area contributed by atoms with Crippen molar-refractivity contribution in [1.29, 1.82) is 0 Å². The Hall–Kier alpha value is -1.32. The molecule has 0 unspecified atom stereocenters. The highest BCUT2D eigenvalue weighted by Gasteiger charge is 2.37. The number of hydrogen-bond donors (Lipinski definition) is 0. The van der Waals surface area contributed by atoms with Crippen molar-refractivity contribution in [2.75, 3.05) is 0 Å². The maximum absolute atomic E-state index is 14.7. The van der Waals surface area contributed by atoms with Crippen LogP contribution in [0.25, 0.3) is 6.08 Å². The molecule has 4 heteroatoms. The fourth-order valence-electron chi connectivity index (χ4n) is 3.92. The molecule has 0 nitrogen and oxygen atoms in total. The van der Waals surface area contributed by atoms with Crippen LogP contribution in [0.4, 0.5) is 17.6 Å². The molecule has 0 bridgehead atoms. The monoisotopic (exact) mass is 370 g/mol. The van der Waals surface area contributed by atoms with Crippen molar-refractivity contribution >= 4 is 6.08 Å². The summed E-state index contributed by atoms with van der Waals surface area (Å²) in [6.07, 6.45) is 6.89. The van der Waals surface area contributed by atoms with Crippen LogP contribution in [-0.4, -0.2) is 0 Å². The summed E-state index contributed by atoms with van der Waals surface area (Å²) in [6, 6.07) is 2.95. The average molecular weight is 370 g/mol. The van der Waals surface area contributed by atoms with E-state index < -0.39 is 17.6 Å². The molecule has 1 saturated carbocycles. The maximum Gasteiger partial charge on any atom is 0.419 e. The molecule has 1 fully saturated rings. The number of alkyl halides is 3. The maximum atomic E-state index is 14.7. The first-order chi connectivity index (χ1) is 12.4. The van der Waals surface area contributed by atoms with Crippen LogP contribution in [0.1, 0.15) is 81.9 Å². The molecule has 0 N–H and O–H groups in total. The molecule has 1 aromatic carbocycles. The van der Waals surface area contributed by atoms with Gasteiger partial charge in [0.25, 0.3) is 0 Å². The second kappa shape index (κ2) is 9.57. The van der Waals surface area contributed by atoms with Crippen LogP contribution in [0.15, 0.2) is 18.2 Å². The van der Waals surface area contributed by atoms with E-state index in [1.165, 1.54) is 37.5 Å². The van der Waals surface area contributed by atoms with Crippen LogP contribution in [0.3, 0.4) is 0 Å². The van der Waals surface area contributed by atoms with Crippen LogP contribution in [0.5, 0.6) is 0 Å². The molecular weight excluding hydrogens is 340 g/mol. The number of unbranched alkanes of at least 4 members (excludes halogenated alkanes) is 1. The van der Waals surface area contributed by atoms with E-state index in [1.807, 2.05) is 6.92 Å². The Kier molecular flexibility index (Phi) is 7.72. The van der Waals surface area contributed by atoms with Crippen LogP contribution in [0.2, 0.25) is 0 Å². The lowest BCUT2D eigenvalue weighted by Crippen LogP contribution is -2.16. The number of halogens is 4. The molecule has 0 heterocycles. The lowest BCUT2D eigenvalue weighted by Gasteiger charge is -2.27. The van der Waals surface area contributed by atoms with E-state index in [4.69, 9.17) is 0 Å². The Labute approximate surface area is 154 Å². The third-order valence-corrected chi connectivity index (χ3v) is 5.66. The Morgan fingerprint density at radius 2 is 1.69 bits per heavy atom. The summed E-state index contributed by atoms with van der Waals surface area (Å²) in [5.74, 6) is 0.211. The third-order valence-electron chi connectivity index (χ3n) is 5.66. The van der Waals surface area contributed by atoms with E-state index >= 15 is 0 Å². The van der Waals surface area contributed by atoms with Crippen LogP contribution in [-0.2, 0) is 12.6 Å². The summed E-state index contributed by atoms with van der Waals surface area (Å²) >= 11 is 0. The van der Waals surface area contributed by atoms with Gasteiger partial charge in [-0.3, -0.25) is 0 Å². The first-order valence-electron chi connectivity index (χ1n) is 9.91. The van der Waals surface area contributed by atoms with E-state index in [0.717, 1.165) is 31.6 Å². The molecule has 0 saturated heterocycles. The van der Waals surface area contributed by atoms with Gasteiger partial charge >= 0.3 is 6.18 Å². The van der Waals surface area contributed by atoms with Crippen LogP contribution < -0.4 is 0 Å². The first kappa shape index (κ1) is 21.0. The zero-order chi connectivity index (χ0) is 19.2. The highest BCUT2D eigenvalue weighted by atomic mass is 19.4. The predicted octanol–water partition coefficient (Wildman–Crippen LogP) is 7.81. The lowest BCUT2D eigenvalue weighted by atomic mass is 9.78. The van der Waals surface area contributed by atoms with Crippen molar-refractivity contribution in [3.8, 4) is 0 Å². The highest BCUT2D eigenvalue weighted by Crippen LogP contribution is 2.37. The van der Waals surface area contributed by atoms with Gasteiger partial charge in [-0.1, -0.05) is 76.7 Å². The van der Waals surface area contributed by atoms with Gasteiger partial charge in [0.1, 0.15) is 5.82 Å². The minimum atomic E-state index is -4.68. The molecule has 26 heavy (non-hydrogen) atoms. The minimum Gasteiger partial charge on any atom is -0.206 e. The van der Waals surface area contributed by atoms with Gasteiger partial charge in [0, 0.05) is 0 Å². The lowest BCUT2D eigenvalue weighted by molar-refractivity contribution is -0.140. The highest BCUT2D eigenvalue weighted by molar-refractivity contribution is 5.56. The summed E-state index contributed by atoms with van der Waals surface area (Å²) in [5.41, 5.74) is -0.990. The zero-order valence-corrected chi connectivity index (χ0v) is 15.8. The quantitative estimate of drug-likeness (QED) is 0.429. The zero-order valence-electron chi connectivity index (χ0n) is 15.8. The van der Waals surface area contributed by atoms with Gasteiger partial charge in [0.15, 0.2) is 0 Å². The molecular formula is C22H30F4. The molecule has 0 atom stereocenters. The van der Waals surface area contributed by atoms with E-state index in [-0.39, 0.29) is 11.1 Å². The van der Waals surface area contributed by atoms with Gasteiger partial charge in [-0.2, -0.15) is 13.2 Å². The minimum absolute atomic E-state index is 0.0735. The third kappa shape index (κ3) is 5.59. The Morgan fingerprint density at radius 1 is 1.04 bits per heavy atom. The van der Waals surface area contributed by atoms with Gasteiger partial charge in [-0.15, -0.1) is 0 Å². The van der Waals surface area contributed by atoms with Gasteiger partial charge in [-0.25, -0.2) is 4.39 Å². The Bertz CT molecular complexity index is 593. The molecule has 1 aliphatic rings. The Balaban J connectivity index is 2.12. The summed E-state index contributed by atoms with van der Waals surface area (Å²) in [4.78, 5) is 0. The second-order valence-corrected chi connectivity index (χ2v) is 7.53. The van der Waals surface area contributed by atoms with E-state index in [0.29, 0.717) is 18.8 Å². The number of allylic oxidation sites excluding steroid dienone is 1. The first-order valence-corrected chi connectivity index (χ1v) is 9.91. The fraction of sp³-hybridized carbons (Fsp3) is 0.636. The number of rotatable bonds is 7.